The second kappa shape index (κ2) is 36.2. The number of carbonyl (C=O) groups excluding carboxylic acids is 2. The molecule has 0 aliphatic rings. The van der Waals surface area contributed by atoms with Crippen molar-refractivity contribution < 1.29 is 61.6 Å². The molecule has 7 nitrogen and oxygen atoms in total. The molecule has 298 valence electrons. The minimum absolute atomic E-state index is 0. The third kappa shape index (κ3) is 28.6. The Bertz CT molecular complexity index is 1210. The number of esters is 2. The van der Waals surface area contributed by atoms with Gasteiger partial charge in [0, 0.05) is 0 Å². The monoisotopic (exact) mass is 768 g/mol. The summed E-state index contributed by atoms with van der Waals surface area (Å²) in [4.78, 5) is 25.0. The van der Waals surface area contributed by atoms with Crippen LogP contribution in [0.3, 0.4) is 0 Å². The largest absolute Gasteiger partial charge is 1.00 e. The van der Waals surface area contributed by atoms with Crippen LogP contribution in [0, 0.1) is 0 Å². The fourth-order valence-corrected chi connectivity index (χ4v) is 7.14. The molecule has 0 amide bonds. The maximum absolute atomic E-state index is 12.9. The smallest absolute Gasteiger partial charge is 0.744 e. The zero-order valence-electron chi connectivity index (χ0n) is 34.0. The van der Waals surface area contributed by atoms with Crippen LogP contribution in [-0.2, 0) is 19.6 Å². The zero-order valence-corrected chi connectivity index (χ0v) is 36.8. The predicted molar refractivity (Wildman–Crippen MR) is 214 cm³/mol. The average molecular weight is 769 g/mol. The number of allylic oxidation sites excluding steroid dienone is 2. The van der Waals surface area contributed by atoms with E-state index in [0.29, 0.717) is 0 Å². The summed E-state index contributed by atoms with van der Waals surface area (Å²) >= 11 is 0. The van der Waals surface area contributed by atoms with Crippen LogP contribution in [0.2, 0.25) is 0 Å². The van der Waals surface area contributed by atoms with Gasteiger partial charge in [0.1, 0.15) is 23.3 Å². The van der Waals surface area contributed by atoms with E-state index in [1.165, 1.54) is 153 Å². The molecule has 0 aliphatic carbocycles. The first-order valence-electron chi connectivity index (χ1n) is 21.1. The third-order valence-electron chi connectivity index (χ3n) is 9.62. The van der Waals surface area contributed by atoms with Gasteiger partial charge in [-0.1, -0.05) is 198 Å². The summed E-state index contributed by atoms with van der Waals surface area (Å²) in [6.45, 7) is 4.38. The van der Waals surface area contributed by atoms with Crippen molar-refractivity contribution in [1.82, 2.24) is 0 Å². The zero-order chi connectivity index (χ0) is 38.0. The molecule has 0 saturated carbocycles. The van der Waals surface area contributed by atoms with Crippen molar-refractivity contribution in [1.29, 1.82) is 0 Å². The van der Waals surface area contributed by atoms with Gasteiger partial charge in [0.25, 0.3) is 0 Å². The van der Waals surface area contributed by atoms with Gasteiger partial charge in [0.05, 0.1) is 16.0 Å². The molecular formula is C44H73NaO7S. The van der Waals surface area contributed by atoms with E-state index in [2.05, 4.69) is 13.8 Å². The van der Waals surface area contributed by atoms with Crippen molar-refractivity contribution in [3.05, 3.63) is 53.6 Å². The summed E-state index contributed by atoms with van der Waals surface area (Å²) in [6, 6.07) is 3.53. The Labute approximate surface area is 347 Å². The number of hydrogen-bond donors (Lipinski definition) is 0. The first-order valence-corrected chi connectivity index (χ1v) is 22.5. The molecule has 0 radical (unpaired) electrons. The van der Waals surface area contributed by atoms with Gasteiger partial charge in [-0.2, -0.15) is 0 Å². The summed E-state index contributed by atoms with van der Waals surface area (Å²) < 4.78 is 46.4. The standard InChI is InChI=1S/C44H74O7S.Na/c1-3-5-7-9-11-13-15-17-19-21-23-25-27-29-31-33-38-50-43(45)40-36-35-37-41(52(47,48)49)42(40)44(46)51-39-34-32-30-28-26-24-22-20-18-16-14-12-10-8-6-4-2;/h31-37H,3-30,38-39H2,1-2H3,(H,47,48,49);/q;+1/p-1/b33-31+,34-32+;. The Morgan fingerprint density at radius 3 is 1.23 bits per heavy atom. The molecule has 1 aromatic rings. The van der Waals surface area contributed by atoms with E-state index in [1.54, 1.807) is 12.2 Å². The Balaban J connectivity index is 0.0000270. The van der Waals surface area contributed by atoms with Crippen LogP contribution in [0.15, 0.2) is 47.4 Å². The first kappa shape index (κ1) is 51.5. The van der Waals surface area contributed by atoms with Gasteiger partial charge in [-0.15, -0.1) is 0 Å². The van der Waals surface area contributed by atoms with Gasteiger partial charge >= 0.3 is 41.5 Å². The Hall–Kier alpha value is -1.45. The van der Waals surface area contributed by atoms with Crippen molar-refractivity contribution in [3.8, 4) is 0 Å². The molecule has 0 fully saturated rings. The van der Waals surface area contributed by atoms with Gasteiger partial charge in [-0.25, -0.2) is 18.0 Å². The molecule has 9 heteroatoms. The number of unbranched alkanes of at least 4 members (excludes halogenated alkanes) is 26. The van der Waals surface area contributed by atoms with Crippen molar-refractivity contribution in [2.75, 3.05) is 13.2 Å². The van der Waals surface area contributed by atoms with E-state index in [4.69, 9.17) is 9.47 Å². The van der Waals surface area contributed by atoms with Gasteiger partial charge in [0.2, 0.25) is 0 Å². The summed E-state index contributed by atoms with van der Waals surface area (Å²) in [6.07, 6.45) is 42.8. The fourth-order valence-electron chi connectivity index (χ4n) is 6.45. The number of rotatable bonds is 35. The molecule has 0 N–H and O–H groups in total. The molecule has 0 atom stereocenters. The SMILES string of the molecule is CCCCCCCCCCCCCCC/C=C/COC(=O)c1cccc(S(=O)(=O)[O-])c1C(=O)OC/C=C/CCCCCCCCCCCCCCC.[Na+]. The molecule has 0 aliphatic heterocycles. The van der Waals surface area contributed by atoms with Crippen molar-refractivity contribution in [2.45, 2.75) is 199 Å². The maximum atomic E-state index is 12.9. The molecule has 0 bridgehead atoms. The molecule has 1 aromatic carbocycles. The van der Waals surface area contributed by atoms with Gasteiger partial charge in [0.15, 0.2) is 0 Å². The third-order valence-corrected chi connectivity index (χ3v) is 10.5. The van der Waals surface area contributed by atoms with Gasteiger partial charge in [-0.3, -0.25) is 0 Å². The minimum Gasteiger partial charge on any atom is -0.744 e. The van der Waals surface area contributed by atoms with E-state index in [0.717, 1.165) is 44.6 Å². The summed E-state index contributed by atoms with van der Waals surface area (Å²) in [5, 5.41) is 0. The summed E-state index contributed by atoms with van der Waals surface area (Å²) in [5.41, 5.74) is -0.883. The fraction of sp³-hybridized carbons (Fsp3) is 0.727. The van der Waals surface area contributed by atoms with E-state index in [9.17, 15) is 22.6 Å². The molecule has 0 spiro atoms. The van der Waals surface area contributed by atoms with Crippen molar-refractivity contribution >= 4 is 22.1 Å². The molecular weight excluding hydrogens is 696 g/mol. The normalized spacial score (nSPS) is 11.7. The van der Waals surface area contributed by atoms with Gasteiger partial charge < -0.3 is 14.0 Å². The number of carbonyl (C=O) groups is 2. The van der Waals surface area contributed by atoms with Crippen molar-refractivity contribution in [2.24, 2.45) is 0 Å². The van der Waals surface area contributed by atoms with E-state index in [-0.39, 0.29) is 48.3 Å². The molecule has 0 saturated heterocycles. The van der Waals surface area contributed by atoms with Crippen LogP contribution in [0.5, 0.6) is 0 Å². The quantitative estimate of drug-likeness (QED) is 0.0222. The van der Waals surface area contributed by atoms with E-state index >= 15 is 0 Å². The van der Waals surface area contributed by atoms with E-state index in [1.807, 2.05) is 12.2 Å². The molecule has 53 heavy (non-hydrogen) atoms. The van der Waals surface area contributed by atoms with Crippen molar-refractivity contribution in [3.63, 3.8) is 0 Å². The topological polar surface area (TPSA) is 110 Å². The Morgan fingerprint density at radius 1 is 0.528 bits per heavy atom. The Morgan fingerprint density at radius 2 is 0.868 bits per heavy atom. The first-order chi connectivity index (χ1) is 25.3. The average Bonchev–Trinajstić information content (AvgIpc) is 3.13. The van der Waals surface area contributed by atoms with E-state index < -0.39 is 32.5 Å². The van der Waals surface area contributed by atoms with Crippen LogP contribution >= 0.6 is 0 Å². The van der Waals surface area contributed by atoms with Crippen LogP contribution in [-0.4, -0.2) is 38.1 Å². The van der Waals surface area contributed by atoms with Crippen LogP contribution in [0.4, 0.5) is 0 Å². The summed E-state index contributed by atoms with van der Waals surface area (Å²) in [5.74, 6) is -1.94. The minimum atomic E-state index is -5.04. The Kier molecular flexibility index (Phi) is 35.2. The number of benzene rings is 1. The second-order valence-electron chi connectivity index (χ2n) is 14.3. The molecule has 0 aromatic heterocycles. The maximum Gasteiger partial charge on any atom is 1.00 e. The molecule has 0 unspecified atom stereocenters. The van der Waals surface area contributed by atoms with Crippen LogP contribution in [0.1, 0.15) is 214 Å². The molecule has 1 rings (SSSR count). The number of ether oxygens (including phenoxy) is 2. The second-order valence-corrected chi connectivity index (χ2v) is 15.7. The number of hydrogen-bond acceptors (Lipinski definition) is 7. The van der Waals surface area contributed by atoms with Gasteiger partial charge in [-0.05, 0) is 37.8 Å². The predicted octanol–water partition coefficient (Wildman–Crippen LogP) is 9.98. The summed E-state index contributed by atoms with van der Waals surface area (Å²) in [7, 11) is -5.04. The van der Waals surface area contributed by atoms with Crippen LogP contribution < -0.4 is 29.6 Å². The van der Waals surface area contributed by atoms with Crippen LogP contribution in [0.25, 0.3) is 0 Å². The molecule has 0 heterocycles.